The minimum Gasteiger partial charge on any atom is -0.489 e. The first-order valence-corrected chi connectivity index (χ1v) is 7.05. The van der Waals surface area contributed by atoms with Crippen molar-refractivity contribution in [2.75, 3.05) is 0 Å². The van der Waals surface area contributed by atoms with E-state index in [1.165, 1.54) is 16.7 Å². The standard InChI is InChI=1S/C18H18N2O/c1-14-2-4-16(5-3-14)13-21-17-8-6-15(7-9-17)12-18-19-10-11-20-18/h2-11H,12-13H2,1H3,(H,19,20). The first kappa shape index (κ1) is 13.4. The number of aryl methyl sites for hydroxylation is 1. The van der Waals surface area contributed by atoms with Gasteiger partial charge < -0.3 is 9.72 Å². The summed E-state index contributed by atoms with van der Waals surface area (Å²) in [7, 11) is 0. The molecule has 0 aliphatic carbocycles. The van der Waals surface area contributed by atoms with Gasteiger partial charge in [-0.05, 0) is 30.2 Å². The van der Waals surface area contributed by atoms with Gasteiger partial charge >= 0.3 is 0 Å². The molecule has 0 radical (unpaired) electrons. The number of benzene rings is 2. The van der Waals surface area contributed by atoms with Gasteiger partial charge in [0.1, 0.15) is 18.2 Å². The van der Waals surface area contributed by atoms with Gasteiger partial charge in [-0.2, -0.15) is 0 Å². The summed E-state index contributed by atoms with van der Waals surface area (Å²) in [6.45, 7) is 2.68. The summed E-state index contributed by atoms with van der Waals surface area (Å²) in [5.41, 5.74) is 3.66. The Morgan fingerprint density at radius 1 is 0.952 bits per heavy atom. The molecule has 1 heterocycles. The SMILES string of the molecule is Cc1ccc(COc2ccc(Cc3ncc[nH]3)cc2)cc1. The molecule has 3 nitrogen and oxygen atoms in total. The number of H-pyrrole nitrogens is 1. The second kappa shape index (κ2) is 6.27. The van der Waals surface area contributed by atoms with Crippen molar-refractivity contribution >= 4 is 0 Å². The highest BCUT2D eigenvalue weighted by molar-refractivity contribution is 5.29. The number of rotatable bonds is 5. The van der Waals surface area contributed by atoms with Crippen molar-refractivity contribution in [1.82, 2.24) is 9.97 Å². The van der Waals surface area contributed by atoms with Gasteiger partial charge in [0.25, 0.3) is 0 Å². The van der Waals surface area contributed by atoms with Crippen LogP contribution in [-0.2, 0) is 13.0 Å². The molecule has 0 spiro atoms. The summed E-state index contributed by atoms with van der Waals surface area (Å²) >= 11 is 0. The topological polar surface area (TPSA) is 37.9 Å². The lowest BCUT2D eigenvalue weighted by Crippen LogP contribution is -1.96. The maximum absolute atomic E-state index is 5.80. The maximum Gasteiger partial charge on any atom is 0.119 e. The predicted molar refractivity (Wildman–Crippen MR) is 83.3 cm³/mol. The lowest BCUT2D eigenvalue weighted by molar-refractivity contribution is 0.306. The zero-order valence-electron chi connectivity index (χ0n) is 12.0. The third-order valence-corrected chi connectivity index (χ3v) is 3.38. The van der Waals surface area contributed by atoms with E-state index in [2.05, 4.69) is 53.3 Å². The monoisotopic (exact) mass is 278 g/mol. The van der Waals surface area contributed by atoms with Crippen LogP contribution in [0.4, 0.5) is 0 Å². The molecule has 3 rings (SSSR count). The Morgan fingerprint density at radius 2 is 1.67 bits per heavy atom. The molecular weight excluding hydrogens is 260 g/mol. The molecule has 3 aromatic rings. The summed E-state index contributed by atoms with van der Waals surface area (Å²) < 4.78 is 5.80. The summed E-state index contributed by atoms with van der Waals surface area (Å²) in [4.78, 5) is 7.34. The van der Waals surface area contributed by atoms with Crippen LogP contribution in [0, 0.1) is 6.92 Å². The number of hydrogen-bond acceptors (Lipinski definition) is 2. The van der Waals surface area contributed by atoms with E-state index in [0.717, 1.165) is 18.0 Å². The van der Waals surface area contributed by atoms with Crippen LogP contribution in [0.15, 0.2) is 60.9 Å². The number of aromatic nitrogens is 2. The molecule has 3 heteroatoms. The molecule has 0 saturated heterocycles. The molecule has 1 aromatic heterocycles. The van der Waals surface area contributed by atoms with E-state index in [-0.39, 0.29) is 0 Å². The maximum atomic E-state index is 5.80. The van der Waals surface area contributed by atoms with E-state index in [1.54, 1.807) is 6.20 Å². The molecule has 0 saturated carbocycles. The third kappa shape index (κ3) is 3.72. The van der Waals surface area contributed by atoms with E-state index < -0.39 is 0 Å². The van der Waals surface area contributed by atoms with Crippen LogP contribution in [0.3, 0.4) is 0 Å². The fourth-order valence-electron chi connectivity index (χ4n) is 2.14. The average Bonchev–Trinajstić information content (AvgIpc) is 3.01. The van der Waals surface area contributed by atoms with Gasteiger partial charge in [-0.25, -0.2) is 4.98 Å². The normalized spacial score (nSPS) is 10.5. The summed E-state index contributed by atoms with van der Waals surface area (Å²) in [6, 6.07) is 16.6. The smallest absolute Gasteiger partial charge is 0.119 e. The summed E-state index contributed by atoms with van der Waals surface area (Å²) in [5, 5.41) is 0. The molecule has 0 amide bonds. The zero-order chi connectivity index (χ0) is 14.5. The number of nitrogens with zero attached hydrogens (tertiary/aromatic N) is 1. The van der Waals surface area contributed by atoms with Gasteiger partial charge in [-0.3, -0.25) is 0 Å². The molecule has 106 valence electrons. The van der Waals surface area contributed by atoms with Crippen molar-refractivity contribution in [1.29, 1.82) is 0 Å². The Morgan fingerprint density at radius 3 is 2.33 bits per heavy atom. The van der Waals surface area contributed by atoms with Crippen LogP contribution in [-0.4, -0.2) is 9.97 Å². The lowest BCUT2D eigenvalue weighted by Gasteiger charge is -2.07. The molecule has 0 bridgehead atoms. The fourth-order valence-corrected chi connectivity index (χ4v) is 2.14. The minimum absolute atomic E-state index is 0.595. The first-order chi connectivity index (χ1) is 10.3. The predicted octanol–water partition coefficient (Wildman–Crippen LogP) is 3.89. The quantitative estimate of drug-likeness (QED) is 0.769. The van der Waals surface area contributed by atoms with Crippen molar-refractivity contribution in [3.8, 4) is 5.75 Å². The van der Waals surface area contributed by atoms with Gasteiger partial charge in [0.05, 0.1) is 0 Å². The van der Waals surface area contributed by atoms with E-state index in [9.17, 15) is 0 Å². The van der Waals surface area contributed by atoms with Crippen molar-refractivity contribution < 1.29 is 4.74 Å². The van der Waals surface area contributed by atoms with Crippen molar-refractivity contribution in [2.45, 2.75) is 20.0 Å². The Bertz CT molecular complexity index is 670. The molecule has 2 aromatic carbocycles. The Kier molecular flexibility index (Phi) is 4.01. The second-order valence-corrected chi connectivity index (χ2v) is 5.13. The molecular formula is C18H18N2O. The largest absolute Gasteiger partial charge is 0.489 e. The number of imidazole rings is 1. The second-order valence-electron chi connectivity index (χ2n) is 5.13. The Hall–Kier alpha value is -2.55. The van der Waals surface area contributed by atoms with Crippen LogP contribution in [0.5, 0.6) is 5.75 Å². The zero-order valence-corrected chi connectivity index (χ0v) is 12.0. The number of ether oxygens (including phenoxy) is 1. The van der Waals surface area contributed by atoms with Gasteiger partial charge in [-0.1, -0.05) is 42.0 Å². The van der Waals surface area contributed by atoms with Gasteiger partial charge in [0, 0.05) is 18.8 Å². The van der Waals surface area contributed by atoms with E-state index in [4.69, 9.17) is 4.74 Å². The van der Waals surface area contributed by atoms with Crippen LogP contribution >= 0.6 is 0 Å². The Balaban J connectivity index is 1.58. The summed E-state index contributed by atoms with van der Waals surface area (Å²) in [6.07, 6.45) is 4.42. The molecule has 0 unspecified atom stereocenters. The lowest BCUT2D eigenvalue weighted by atomic mass is 10.1. The summed E-state index contributed by atoms with van der Waals surface area (Å²) in [5.74, 6) is 1.86. The number of hydrogen-bond donors (Lipinski definition) is 1. The van der Waals surface area contributed by atoms with E-state index >= 15 is 0 Å². The van der Waals surface area contributed by atoms with Gasteiger partial charge in [0.2, 0.25) is 0 Å². The highest BCUT2D eigenvalue weighted by atomic mass is 16.5. The van der Waals surface area contributed by atoms with Crippen LogP contribution in [0.25, 0.3) is 0 Å². The highest BCUT2D eigenvalue weighted by Gasteiger charge is 2.00. The first-order valence-electron chi connectivity index (χ1n) is 7.05. The van der Waals surface area contributed by atoms with Crippen molar-refractivity contribution in [2.24, 2.45) is 0 Å². The highest BCUT2D eigenvalue weighted by Crippen LogP contribution is 2.16. The molecule has 0 aliphatic heterocycles. The van der Waals surface area contributed by atoms with Crippen molar-refractivity contribution in [3.63, 3.8) is 0 Å². The molecule has 0 atom stereocenters. The van der Waals surface area contributed by atoms with Crippen molar-refractivity contribution in [3.05, 3.63) is 83.4 Å². The van der Waals surface area contributed by atoms with E-state index in [0.29, 0.717) is 6.61 Å². The Labute approximate surface area is 124 Å². The fraction of sp³-hybridized carbons (Fsp3) is 0.167. The van der Waals surface area contributed by atoms with Gasteiger partial charge in [0.15, 0.2) is 0 Å². The molecule has 1 N–H and O–H groups in total. The minimum atomic E-state index is 0.595. The van der Waals surface area contributed by atoms with Gasteiger partial charge in [-0.15, -0.1) is 0 Å². The average molecular weight is 278 g/mol. The number of aromatic amines is 1. The van der Waals surface area contributed by atoms with E-state index in [1.807, 2.05) is 18.3 Å². The van der Waals surface area contributed by atoms with Crippen LogP contribution in [0.1, 0.15) is 22.5 Å². The molecule has 0 fully saturated rings. The molecule has 0 aliphatic rings. The number of nitrogens with one attached hydrogen (secondary N) is 1. The third-order valence-electron chi connectivity index (χ3n) is 3.38. The van der Waals surface area contributed by atoms with Crippen LogP contribution in [0.2, 0.25) is 0 Å². The van der Waals surface area contributed by atoms with Crippen LogP contribution < -0.4 is 4.74 Å². The molecule has 21 heavy (non-hydrogen) atoms.